The number of methoxy groups -OCH3 is 1. The molecule has 1 aromatic carbocycles. The molecule has 1 heterocycles. The topological polar surface area (TPSA) is 39.1 Å². The van der Waals surface area contributed by atoms with E-state index in [0.717, 1.165) is 21.5 Å². The number of ether oxygens (including phenoxy) is 1. The van der Waals surface area contributed by atoms with Gasteiger partial charge in [-0.1, -0.05) is 12.1 Å². The number of nitrogens with zero attached hydrogens (tertiary/aromatic N) is 2. The summed E-state index contributed by atoms with van der Waals surface area (Å²) < 4.78 is 8.12. The molecule has 0 aliphatic carbocycles. The van der Waals surface area contributed by atoms with Crippen LogP contribution in [-0.4, -0.2) is 23.9 Å². The number of nitrogens with one attached hydrogen (secondary N) is 1. The monoisotopic (exact) mass is 309 g/mol. The Kier molecular flexibility index (Phi) is 4.04. The van der Waals surface area contributed by atoms with E-state index < -0.39 is 0 Å². The molecule has 1 unspecified atom stereocenters. The van der Waals surface area contributed by atoms with E-state index in [1.807, 2.05) is 37.0 Å². The van der Waals surface area contributed by atoms with Crippen molar-refractivity contribution >= 4 is 15.9 Å². The first-order valence-corrected chi connectivity index (χ1v) is 6.45. The van der Waals surface area contributed by atoms with Gasteiger partial charge in [-0.15, -0.1) is 0 Å². The molecule has 0 spiro atoms. The van der Waals surface area contributed by atoms with Gasteiger partial charge < -0.3 is 10.1 Å². The summed E-state index contributed by atoms with van der Waals surface area (Å²) in [4.78, 5) is 0. The van der Waals surface area contributed by atoms with Crippen molar-refractivity contribution in [3.8, 4) is 5.75 Å². The van der Waals surface area contributed by atoms with E-state index >= 15 is 0 Å². The Hall–Kier alpha value is -1.33. The van der Waals surface area contributed by atoms with Gasteiger partial charge in [0.15, 0.2) is 0 Å². The Morgan fingerprint density at radius 1 is 1.44 bits per heavy atom. The van der Waals surface area contributed by atoms with Gasteiger partial charge in [0.25, 0.3) is 0 Å². The zero-order valence-electron chi connectivity index (χ0n) is 10.6. The van der Waals surface area contributed by atoms with Gasteiger partial charge in [-0.2, -0.15) is 5.10 Å². The molecule has 1 N–H and O–H groups in total. The second kappa shape index (κ2) is 5.54. The fourth-order valence-corrected chi connectivity index (χ4v) is 2.60. The van der Waals surface area contributed by atoms with E-state index in [0.29, 0.717) is 0 Å². The molecule has 0 saturated carbocycles. The lowest BCUT2D eigenvalue weighted by atomic mass is 10.0. The molecule has 0 bridgehead atoms. The predicted octanol–water partition coefficient (Wildman–Crippen LogP) is 2.50. The van der Waals surface area contributed by atoms with Crippen LogP contribution < -0.4 is 10.1 Å². The SMILES string of the molecule is CNC(c1cccc(OC)c1)c1c(Br)cnn1C. The second-order valence-electron chi connectivity index (χ2n) is 4.00. The molecule has 0 amide bonds. The summed E-state index contributed by atoms with van der Waals surface area (Å²) in [5, 5.41) is 7.56. The fraction of sp³-hybridized carbons (Fsp3) is 0.308. The third kappa shape index (κ3) is 2.42. The molecule has 1 aromatic heterocycles. The summed E-state index contributed by atoms with van der Waals surface area (Å²) >= 11 is 3.54. The van der Waals surface area contributed by atoms with Gasteiger partial charge >= 0.3 is 0 Å². The minimum Gasteiger partial charge on any atom is -0.497 e. The number of halogens is 1. The summed E-state index contributed by atoms with van der Waals surface area (Å²) in [5.74, 6) is 0.853. The van der Waals surface area contributed by atoms with Crippen LogP contribution in [-0.2, 0) is 7.05 Å². The van der Waals surface area contributed by atoms with Crippen LogP contribution >= 0.6 is 15.9 Å². The minimum atomic E-state index is 0.0713. The van der Waals surface area contributed by atoms with Crippen molar-refractivity contribution in [2.24, 2.45) is 7.05 Å². The first-order valence-electron chi connectivity index (χ1n) is 5.66. The molecule has 2 aromatic rings. The first kappa shape index (κ1) is 13.1. The molecule has 2 rings (SSSR count). The van der Waals surface area contributed by atoms with Crippen LogP contribution in [0.4, 0.5) is 0 Å². The lowest BCUT2D eigenvalue weighted by Gasteiger charge is -2.18. The predicted molar refractivity (Wildman–Crippen MR) is 74.8 cm³/mol. The number of benzene rings is 1. The smallest absolute Gasteiger partial charge is 0.119 e. The van der Waals surface area contributed by atoms with Gasteiger partial charge in [-0.05, 0) is 40.7 Å². The number of hydrogen-bond acceptors (Lipinski definition) is 3. The van der Waals surface area contributed by atoms with E-state index in [-0.39, 0.29) is 6.04 Å². The lowest BCUT2D eigenvalue weighted by Crippen LogP contribution is -2.21. The van der Waals surface area contributed by atoms with Crippen molar-refractivity contribution in [2.45, 2.75) is 6.04 Å². The average Bonchev–Trinajstić information content (AvgIpc) is 2.72. The first-order chi connectivity index (χ1) is 8.67. The van der Waals surface area contributed by atoms with Crippen LogP contribution in [0.1, 0.15) is 17.3 Å². The highest BCUT2D eigenvalue weighted by molar-refractivity contribution is 9.10. The van der Waals surface area contributed by atoms with Gasteiger partial charge in [0, 0.05) is 7.05 Å². The maximum Gasteiger partial charge on any atom is 0.119 e. The average molecular weight is 310 g/mol. The molecule has 0 fully saturated rings. The number of hydrogen-bond donors (Lipinski definition) is 1. The summed E-state index contributed by atoms with van der Waals surface area (Å²) in [7, 11) is 5.54. The molecule has 0 aliphatic heterocycles. The summed E-state index contributed by atoms with van der Waals surface area (Å²) in [6.45, 7) is 0. The highest BCUT2D eigenvalue weighted by atomic mass is 79.9. The quantitative estimate of drug-likeness (QED) is 0.943. The van der Waals surface area contributed by atoms with Crippen molar-refractivity contribution in [3.05, 3.63) is 46.2 Å². The minimum absolute atomic E-state index is 0.0713. The molecule has 96 valence electrons. The zero-order valence-corrected chi connectivity index (χ0v) is 12.2. The van der Waals surface area contributed by atoms with Crippen molar-refractivity contribution < 1.29 is 4.74 Å². The number of rotatable bonds is 4. The second-order valence-corrected chi connectivity index (χ2v) is 4.85. The maximum absolute atomic E-state index is 5.27. The van der Waals surface area contributed by atoms with E-state index in [9.17, 15) is 0 Å². The third-order valence-electron chi connectivity index (χ3n) is 2.93. The Morgan fingerprint density at radius 2 is 2.22 bits per heavy atom. The van der Waals surface area contributed by atoms with E-state index in [1.54, 1.807) is 13.3 Å². The van der Waals surface area contributed by atoms with Crippen molar-refractivity contribution in [1.29, 1.82) is 0 Å². The normalized spacial score (nSPS) is 12.4. The Morgan fingerprint density at radius 3 is 2.78 bits per heavy atom. The molecule has 0 radical (unpaired) electrons. The standard InChI is InChI=1S/C13H16BrN3O/c1-15-12(13-11(14)8-16-17(13)2)9-5-4-6-10(7-9)18-3/h4-8,12,15H,1-3H3. The molecule has 0 saturated heterocycles. The van der Waals surface area contributed by atoms with Crippen molar-refractivity contribution in [1.82, 2.24) is 15.1 Å². The maximum atomic E-state index is 5.27. The zero-order chi connectivity index (χ0) is 13.1. The molecule has 5 heteroatoms. The van der Waals surface area contributed by atoms with Crippen LogP contribution in [0.15, 0.2) is 34.9 Å². The number of aromatic nitrogens is 2. The largest absolute Gasteiger partial charge is 0.497 e. The lowest BCUT2D eigenvalue weighted by molar-refractivity contribution is 0.413. The van der Waals surface area contributed by atoms with Crippen molar-refractivity contribution in [2.75, 3.05) is 14.2 Å². The highest BCUT2D eigenvalue weighted by Crippen LogP contribution is 2.29. The van der Waals surface area contributed by atoms with E-state index in [4.69, 9.17) is 4.74 Å². The van der Waals surface area contributed by atoms with Gasteiger partial charge in [0.2, 0.25) is 0 Å². The molecule has 4 nitrogen and oxygen atoms in total. The van der Waals surface area contributed by atoms with E-state index in [2.05, 4.69) is 32.4 Å². The summed E-state index contributed by atoms with van der Waals surface area (Å²) in [5.41, 5.74) is 2.23. The Labute approximate surface area is 115 Å². The third-order valence-corrected chi connectivity index (χ3v) is 3.54. The number of aryl methyl sites for hydroxylation is 1. The van der Waals surface area contributed by atoms with Gasteiger partial charge in [-0.25, -0.2) is 0 Å². The Balaban J connectivity index is 2.45. The van der Waals surface area contributed by atoms with Gasteiger partial charge in [0.1, 0.15) is 5.75 Å². The molecule has 1 atom stereocenters. The molecular formula is C13H16BrN3O. The van der Waals surface area contributed by atoms with Crippen LogP contribution in [0, 0.1) is 0 Å². The van der Waals surface area contributed by atoms with Crippen LogP contribution in [0.5, 0.6) is 5.75 Å². The summed E-state index contributed by atoms with van der Waals surface area (Å²) in [6.07, 6.45) is 1.81. The van der Waals surface area contributed by atoms with Gasteiger partial charge in [0.05, 0.1) is 29.5 Å². The van der Waals surface area contributed by atoms with Crippen LogP contribution in [0.2, 0.25) is 0 Å². The van der Waals surface area contributed by atoms with E-state index in [1.165, 1.54) is 0 Å². The summed E-state index contributed by atoms with van der Waals surface area (Å²) in [6, 6.07) is 8.10. The molecule has 18 heavy (non-hydrogen) atoms. The van der Waals surface area contributed by atoms with Gasteiger partial charge in [-0.3, -0.25) is 4.68 Å². The fourth-order valence-electron chi connectivity index (χ4n) is 2.03. The highest BCUT2D eigenvalue weighted by Gasteiger charge is 2.19. The molecular weight excluding hydrogens is 294 g/mol. The molecule has 0 aliphatic rings. The van der Waals surface area contributed by atoms with Crippen LogP contribution in [0.25, 0.3) is 0 Å². The van der Waals surface area contributed by atoms with Crippen LogP contribution in [0.3, 0.4) is 0 Å². The van der Waals surface area contributed by atoms with Crippen molar-refractivity contribution in [3.63, 3.8) is 0 Å². The Bertz CT molecular complexity index is 519.